The number of rotatable bonds is 18. The van der Waals surface area contributed by atoms with Gasteiger partial charge >= 0.3 is 19.8 Å². The second-order valence-corrected chi connectivity index (χ2v) is 13.6. The maximum Gasteiger partial charge on any atom is 0.472 e. The first kappa shape index (κ1) is 35.7. The van der Waals surface area contributed by atoms with Gasteiger partial charge in [-0.15, -0.1) is 0 Å². The van der Waals surface area contributed by atoms with Crippen LogP contribution in [-0.4, -0.2) is 41.2 Å². The molecule has 2 unspecified atom stereocenters. The van der Waals surface area contributed by atoms with Crippen LogP contribution in [0.25, 0.3) is 0 Å². The number of carbonyl (C=O) groups excluding carboxylic acids is 2. The molecule has 0 spiro atoms. The summed E-state index contributed by atoms with van der Waals surface area (Å²) in [6, 6.07) is 0. The van der Waals surface area contributed by atoms with Crippen molar-refractivity contribution >= 4 is 19.8 Å². The van der Waals surface area contributed by atoms with Crippen LogP contribution in [0.5, 0.6) is 0 Å². The number of esters is 2. The van der Waals surface area contributed by atoms with Crippen LogP contribution in [0.3, 0.4) is 0 Å². The van der Waals surface area contributed by atoms with Crippen molar-refractivity contribution in [2.75, 3.05) is 0 Å². The van der Waals surface area contributed by atoms with E-state index in [0.29, 0.717) is 36.8 Å². The van der Waals surface area contributed by atoms with Crippen LogP contribution in [0, 0.1) is 11.8 Å². The lowest BCUT2D eigenvalue weighted by atomic mass is 9.82. The molecule has 0 aromatic rings. The Labute approximate surface area is 248 Å². The van der Waals surface area contributed by atoms with Crippen molar-refractivity contribution in [2.45, 2.75) is 155 Å². The largest absolute Gasteiger partial charge is 0.472 e. The van der Waals surface area contributed by atoms with E-state index in [9.17, 15) is 19.0 Å². The fourth-order valence-corrected chi connectivity index (χ4v) is 7.21. The Morgan fingerprint density at radius 3 is 1.34 bits per heavy atom. The Bertz CT molecular complexity index is 818. The summed E-state index contributed by atoms with van der Waals surface area (Å²) >= 11 is 0. The summed E-state index contributed by atoms with van der Waals surface area (Å²) in [6.07, 6.45) is 12.5. The van der Waals surface area contributed by atoms with Gasteiger partial charge < -0.3 is 14.4 Å². The molecule has 2 saturated carbocycles. The third-order valence-electron chi connectivity index (χ3n) is 8.45. The van der Waals surface area contributed by atoms with Gasteiger partial charge in [-0.3, -0.25) is 9.05 Å². The van der Waals surface area contributed by atoms with Crippen LogP contribution in [0.15, 0.2) is 24.3 Å². The summed E-state index contributed by atoms with van der Waals surface area (Å²) in [5, 5.41) is 0. The van der Waals surface area contributed by atoms with Gasteiger partial charge in [0, 0.05) is 11.1 Å². The molecule has 0 amide bonds. The Balaban J connectivity index is 1.84. The van der Waals surface area contributed by atoms with Crippen molar-refractivity contribution in [3.63, 3.8) is 0 Å². The molecule has 0 radical (unpaired) electrons. The topological polar surface area (TPSA) is 108 Å². The molecule has 2 rings (SSSR count). The quantitative estimate of drug-likeness (QED) is 0.0725. The van der Waals surface area contributed by atoms with Gasteiger partial charge in [-0.05, 0) is 103 Å². The van der Waals surface area contributed by atoms with E-state index >= 15 is 0 Å². The van der Waals surface area contributed by atoms with Gasteiger partial charge in [-0.2, -0.15) is 0 Å². The maximum atomic E-state index is 12.9. The van der Waals surface area contributed by atoms with Crippen LogP contribution in [-0.2, 0) is 32.7 Å². The van der Waals surface area contributed by atoms with Gasteiger partial charge in [0.15, 0.2) is 0 Å². The van der Waals surface area contributed by atoms with Gasteiger partial charge in [-0.1, -0.05) is 52.7 Å². The molecule has 41 heavy (non-hydrogen) atoms. The predicted molar refractivity (Wildman–Crippen MR) is 161 cm³/mol. The van der Waals surface area contributed by atoms with E-state index in [0.717, 1.165) is 77.0 Å². The lowest BCUT2D eigenvalue weighted by molar-refractivity contribution is -0.149. The molecule has 236 valence electrons. The van der Waals surface area contributed by atoms with E-state index in [1.54, 1.807) is 13.8 Å². The molecule has 0 aromatic heterocycles. The Hall–Kier alpha value is -1.47. The highest BCUT2D eigenvalue weighted by molar-refractivity contribution is 7.47. The van der Waals surface area contributed by atoms with E-state index in [1.165, 1.54) is 0 Å². The zero-order valence-corrected chi connectivity index (χ0v) is 26.8. The summed E-state index contributed by atoms with van der Waals surface area (Å²) in [5.41, 5.74) is 0.796. The van der Waals surface area contributed by atoms with E-state index < -0.39 is 7.82 Å². The van der Waals surface area contributed by atoms with Crippen LogP contribution in [0.4, 0.5) is 0 Å². The van der Waals surface area contributed by atoms with Gasteiger partial charge in [0.25, 0.3) is 0 Å². The standard InChI is InChI=1S/C32H55O8P/c1-7-9-11-13-29(37-31(33)23(3)4)25-15-19-27(20-16-25)39-41(35,36)40-28-21-17-26(18-22-28)30(14-12-10-8-2)38-32(34)24(5)6/h25-30H,3,5,7-22H2,1-2,4,6H3,(H,35,36). The Morgan fingerprint density at radius 1 is 0.707 bits per heavy atom. The summed E-state index contributed by atoms with van der Waals surface area (Å²) < 4.78 is 35.8. The number of phosphoric ester groups is 1. The fourth-order valence-electron chi connectivity index (χ4n) is 5.98. The highest BCUT2D eigenvalue weighted by atomic mass is 31.2. The van der Waals surface area contributed by atoms with Gasteiger partial charge in [0.2, 0.25) is 0 Å². The fraction of sp³-hybridized carbons (Fsp3) is 0.812. The molecule has 0 aliphatic heterocycles. The van der Waals surface area contributed by atoms with Gasteiger partial charge in [0.05, 0.1) is 12.2 Å². The normalized spacial score (nSPS) is 25.9. The van der Waals surface area contributed by atoms with Crippen molar-refractivity contribution in [2.24, 2.45) is 11.8 Å². The number of ether oxygens (including phenoxy) is 2. The van der Waals surface area contributed by atoms with Crippen molar-refractivity contribution in [3.8, 4) is 0 Å². The number of unbranched alkanes of at least 4 members (excludes halogenated alkanes) is 4. The van der Waals surface area contributed by atoms with Gasteiger partial charge in [0.1, 0.15) is 12.2 Å². The Kier molecular flexibility index (Phi) is 15.9. The second-order valence-electron chi connectivity index (χ2n) is 12.2. The zero-order valence-electron chi connectivity index (χ0n) is 25.9. The molecule has 2 aliphatic rings. The van der Waals surface area contributed by atoms with Crippen molar-refractivity contribution < 1.29 is 37.6 Å². The second kappa shape index (κ2) is 18.3. The lowest BCUT2D eigenvalue weighted by Crippen LogP contribution is -2.33. The van der Waals surface area contributed by atoms with Crippen LogP contribution in [0.2, 0.25) is 0 Å². The predicted octanol–water partition coefficient (Wildman–Crippen LogP) is 8.37. The monoisotopic (exact) mass is 598 g/mol. The molecule has 0 saturated heterocycles. The minimum Gasteiger partial charge on any atom is -0.459 e. The molecular weight excluding hydrogens is 543 g/mol. The van der Waals surface area contributed by atoms with E-state index in [4.69, 9.17) is 18.5 Å². The molecule has 0 aromatic carbocycles. The first-order chi connectivity index (χ1) is 19.5. The van der Waals surface area contributed by atoms with Crippen LogP contribution < -0.4 is 0 Å². The SMILES string of the molecule is C=C(C)C(=O)OC(CCCCC)C1CCC(OP(=O)(O)OC2CCC(C(CCCCC)OC(=O)C(=C)C)CC2)CC1. The number of hydrogen-bond acceptors (Lipinski definition) is 7. The molecule has 8 nitrogen and oxygen atoms in total. The smallest absolute Gasteiger partial charge is 0.459 e. The van der Waals surface area contributed by atoms with Crippen molar-refractivity contribution in [3.05, 3.63) is 24.3 Å². The van der Waals surface area contributed by atoms with E-state index in [2.05, 4.69) is 27.0 Å². The minimum atomic E-state index is -4.23. The zero-order chi connectivity index (χ0) is 30.4. The van der Waals surface area contributed by atoms with Crippen molar-refractivity contribution in [1.29, 1.82) is 0 Å². The molecule has 2 aliphatic carbocycles. The molecule has 0 heterocycles. The summed E-state index contributed by atoms with van der Waals surface area (Å²) in [7, 11) is -4.23. The number of hydrogen-bond donors (Lipinski definition) is 1. The highest BCUT2D eigenvalue weighted by Gasteiger charge is 2.37. The molecular formula is C32H55O8P. The Morgan fingerprint density at radius 2 is 1.05 bits per heavy atom. The first-order valence-corrected chi connectivity index (χ1v) is 17.4. The van der Waals surface area contributed by atoms with E-state index in [-0.39, 0.29) is 48.2 Å². The average molecular weight is 599 g/mol. The third-order valence-corrected chi connectivity index (χ3v) is 9.58. The van der Waals surface area contributed by atoms with E-state index in [1.807, 2.05) is 0 Å². The molecule has 2 fully saturated rings. The highest BCUT2D eigenvalue weighted by Crippen LogP contribution is 2.50. The molecule has 1 N–H and O–H groups in total. The first-order valence-electron chi connectivity index (χ1n) is 15.9. The number of phosphoric acid groups is 1. The van der Waals surface area contributed by atoms with Crippen LogP contribution >= 0.6 is 7.82 Å². The summed E-state index contributed by atoms with van der Waals surface area (Å²) in [4.78, 5) is 35.0. The molecule has 2 atom stereocenters. The minimum absolute atomic E-state index is 0.167. The third kappa shape index (κ3) is 13.1. The average Bonchev–Trinajstić information content (AvgIpc) is 2.92. The number of carbonyl (C=O) groups is 2. The van der Waals surface area contributed by atoms with Crippen LogP contribution in [0.1, 0.15) is 130 Å². The summed E-state index contributed by atoms with van der Waals surface area (Å²) in [5.74, 6) is -0.301. The maximum absolute atomic E-state index is 12.9. The van der Waals surface area contributed by atoms with Gasteiger partial charge in [-0.25, -0.2) is 14.2 Å². The molecule has 9 heteroatoms. The van der Waals surface area contributed by atoms with Crippen molar-refractivity contribution in [1.82, 2.24) is 0 Å². The molecule has 0 bridgehead atoms. The lowest BCUT2D eigenvalue weighted by Gasteiger charge is -2.36. The summed E-state index contributed by atoms with van der Waals surface area (Å²) in [6.45, 7) is 15.0.